The molecule has 0 radical (unpaired) electrons. The Hall–Kier alpha value is -3.89. The topological polar surface area (TPSA) is 109 Å². The Morgan fingerprint density at radius 1 is 1.03 bits per heavy atom. The van der Waals surface area contributed by atoms with Gasteiger partial charge in [-0.05, 0) is 35.4 Å². The van der Waals surface area contributed by atoms with Gasteiger partial charge in [0.05, 0.1) is 13.5 Å². The fourth-order valence-corrected chi connectivity index (χ4v) is 2.58. The molecule has 0 aliphatic heterocycles. The number of aromatic amines is 1. The Kier molecular flexibility index (Phi) is 6.53. The van der Waals surface area contributed by atoms with Gasteiger partial charge in [-0.25, -0.2) is 0 Å². The van der Waals surface area contributed by atoms with Gasteiger partial charge in [0.2, 0.25) is 17.7 Å². The minimum Gasteiger partial charge on any atom is -0.497 e. The Balaban J connectivity index is 1.50. The zero-order valence-corrected chi connectivity index (χ0v) is 16.3. The van der Waals surface area contributed by atoms with Crippen molar-refractivity contribution in [2.75, 3.05) is 12.4 Å². The molecule has 0 atom stereocenters. The largest absolute Gasteiger partial charge is 0.497 e. The first-order chi connectivity index (χ1) is 14.7. The minimum atomic E-state index is -4.69. The molecule has 2 aromatic carbocycles. The molecule has 3 aromatic rings. The summed E-state index contributed by atoms with van der Waals surface area (Å²) in [5, 5.41) is 10.00. The van der Waals surface area contributed by atoms with Crippen LogP contribution in [0.4, 0.5) is 19.1 Å². The third-order valence-corrected chi connectivity index (χ3v) is 4.21. The number of rotatable bonds is 7. The third kappa shape index (κ3) is 6.04. The number of hydrogen-bond donors (Lipinski definition) is 3. The highest BCUT2D eigenvalue weighted by Crippen LogP contribution is 2.26. The quantitative estimate of drug-likeness (QED) is 0.531. The first kappa shape index (κ1) is 21.8. The molecule has 31 heavy (non-hydrogen) atoms. The van der Waals surface area contributed by atoms with Crippen molar-refractivity contribution < 1.29 is 27.5 Å². The van der Waals surface area contributed by atoms with E-state index in [0.717, 1.165) is 11.1 Å². The molecule has 11 heteroatoms. The van der Waals surface area contributed by atoms with E-state index in [2.05, 4.69) is 20.7 Å². The van der Waals surface area contributed by atoms with E-state index in [9.17, 15) is 22.8 Å². The van der Waals surface area contributed by atoms with Gasteiger partial charge in [0.25, 0.3) is 5.91 Å². The van der Waals surface area contributed by atoms with E-state index in [-0.39, 0.29) is 24.4 Å². The van der Waals surface area contributed by atoms with Crippen molar-refractivity contribution in [1.29, 1.82) is 0 Å². The van der Waals surface area contributed by atoms with Crippen LogP contribution in [-0.2, 0) is 23.9 Å². The molecular formula is C20H18F3N5O3. The van der Waals surface area contributed by atoms with Crippen molar-refractivity contribution >= 4 is 17.8 Å². The van der Waals surface area contributed by atoms with Crippen molar-refractivity contribution in [2.24, 2.45) is 0 Å². The van der Waals surface area contributed by atoms with Crippen LogP contribution in [0, 0.1) is 0 Å². The number of amides is 2. The van der Waals surface area contributed by atoms with Crippen LogP contribution in [0.2, 0.25) is 0 Å². The summed E-state index contributed by atoms with van der Waals surface area (Å²) in [6.45, 7) is 0.257. The summed E-state index contributed by atoms with van der Waals surface area (Å²) in [4.78, 5) is 27.4. The highest BCUT2D eigenvalue weighted by atomic mass is 19.4. The van der Waals surface area contributed by atoms with Gasteiger partial charge in [-0.3, -0.25) is 20.0 Å². The molecule has 0 aliphatic rings. The van der Waals surface area contributed by atoms with Gasteiger partial charge in [0.1, 0.15) is 5.75 Å². The molecule has 0 bridgehead atoms. The summed E-state index contributed by atoms with van der Waals surface area (Å²) in [6.07, 6.45) is -4.48. The Bertz CT molecular complexity index is 1050. The Morgan fingerprint density at radius 3 is 2.26 bits per heavy atom. The number of nitrogens with one attached hydrogen (secondary N) is 3. The zero-order valence-electron chi connectivity index (χ0n) is 16.3. The minimum absolute atomic E-state index is 0.169. The molecule has 1 aromatic heterocycles. The molecule has 0 saturated carbocycles. The number of H-pyrrole nitrogens is 1. The van der Waals surface area contributed by atoms with Crippen LogP contribution in [0.5, 0.6) is 5.75 Å². The average Bonchev–Trinajstić information content (AvgIpc) is 3.22. The second kappa shape index (κ2) is 9.28. The van der Waals surface area contributed by atoms with Crippen LogP contribution in [0.15, 0.2) is 48.5 Å². The lowest BCUT2D eigenvalue weighted by atomic mass is 10.1. The number of halogens is 3. The predicted molar refractivity (Wildman–Crippen MR) is 104 cm³/mol. The number of carbonyl (C=O) groups is 2. The normalized spacial score (nSPS) is 11.1. The summed E-state index contributed by atoms with van der Waals surface area (Å²) in [5.74, 6) is -1.91. The molecule has 1 heterocycles. The standard InChI is InChI=1S/C20H18F3N5O3/c1-31-15-8-4-12(5-9-15)10-16(29)24-11-13-2-6-14(7-3-13)17(30)25-19-26-18(27-28-19)20(21,22)23/h2-9H,10-11H2,1H3,(H,24,29)(H2,25,26,27,28,30). The average molecular weight is 433 g/mol. The van der Waals surface area contributed by atoms with E-state index < -0.39 is 23.9 Å². The molecule has 3 N–H and O–H groups in total. The second-order valence-electron chi connectivity index (χ2n) is 6.46. The fraction of sp³-hybridized carbons (Fsp3) is 0.200. The second-order valence-corrected chi connectivity index (χ2v) is 6.46. The van der Waals surface area contributed by atoms with Crippen molar-refractivity contribution in [3.8, 4) is 5.75 Å². The van der Waals surface area contributed by atoms with Gasteiger partial charge in [0, 0.05) is 12.1 Å². The van der Waals surface area contributed by atoms with Gasteiger partial charge >= 0.3 is 6.18 Å². The fourth-order valence-electron chi connectivity index (χ4n) is 2.58. The molecule has 3 rings (SSSR count). The maximum atomic E-state index is 12.5. The number of methoxy groups -OCH3 is 1. The van der Waals surface area contributed by atoms with Crippen molar-refractivity contribution in [2.45, 2.75) is 19.1 Å². The highest BCUT2D eigenvalue weighted by Gasteiger charge is 2.35. The van der Waals surface area contributed by atoms with Gasteiger partial charge in [-0.1, -0.05) is 24.3 Å². The van der Waals surface area contributed by atoms with E-state index in [1.807, 2.05) is 0 Å². The molecule has 0 spiro atoms. The third-order valence-electron chi connectivity index (χ3n) is 4.21. The first-order valence-electron chi connectivity index (χ1n) is 9.04. The van der Waals surface area contributed by atoms with E-state index in [1.165, 1.54) is 12.1 Å². The lowest BCUT2D eigenvalue weighted by Gasteiger charge is -2.07. The van der Waals surface area contributed by atoms with E-state index >= 15 is 0 Å². The first-order valence-corrected chi connectivity index (χ1v) is 9.04. The lowest BCUT2D eigenvalue weighted by molar-refractivity contribution is -0.144. The van der Waals surface area contributed by atoms with Gasteiger partial charge in [-0.2, -0.15) is 18.2 Å². The molecule has 0 unspecified atom stereocenters. The number of benzene rings is 2. The lowest BCUT2D eigenvalue weighted by Crippen LogP contribution is -2.24. The van der Waals surface area contributed by atoms with Gasteiger partial charge in [0.15, 0.2) is 0 Å². The summed E-state index contributed by atoms with van der Waals surface area (Å²) >= 11 is 0. The maximum absolute atomic E-state index is 12.5. The van der Waals surface area contributed by atoms with Crippen LogP contribution in [-0.4, -0.2) is 34.1 Å². The molecule has 0 fully saturated rings. The summed E-state index contributed by atoms with van der Waals surface area (Å²) in [5.41, 5.74) is 1.79. The maximum Gasteiger partial charge on any atom is 0.451 e. The van der Waals surface area contributed by atoms with E-state index in [0.29, 0.717) is 5.75 Å². The van der Waals surface area contributed by atoms with Crippen LogP contribution in [0.25, 0.3) is 0 Å². The predicted octanol–water partition coefficient (Wildman–Crippen LogP) is 2.94. The van der Waals surface area contributed by atoms with Crippen LogP contribution in [0.3, 0.4) is 0 Å². The highest BCUT2D eigenvalue weighted by molar-refractivity contribution is 6.03. The number of hydrogen-bond acceptors (Lipinski definition) is 5. The van der Waals surface area contributed by atoms with Crippen LogP contribution >= 0.6 is 0 Å². The molecule has 162 valence electrons. The Labute approximate surface area is 174 Å². The van der Waals surface area contributed by atoms with Gasteiger partial charge in [-0.15, -0.1) is 5.10 Å². The number of carbonyl (C=O) groups excluding carboxylic acids is 2. The van der Waals surface area contributed by atoms with Crippen molar-refractivity contribution in [1.82, 2.24) is 20.5 Å². The number of aromatic nitrogens is 3. The monoisotopic (exact) mass is 433 g/mol. The number of nitrogens with zero attached hydrogens (tertiary/aromatic N) is 2. The molecular weight excluding hydrogens is 415 g/mol. The number of ether oxygens (including phenoxy) is 1. The molecule has 2 amide bonds. The summed E-state index contributed by atoms with van der Waals surface area (Å²) in [6, 6.07) is 13.4. The zero-order chi connectivity index (χ0) is 22.4. The Morgan fingerprint density at radius 2 is 1.68 bits per heavy atom. The van der Waals surface area contributed by atoms with Crippen molar-refractivity contribution in [3.05, 3.63) is 71.0 Å². The van der Waals surface area contributed by atoms with Gasteiger partial charge < -0.3 is 10.1 Å². The number of alkyl halides is 3. The SMILES string of the molecule is COc1ccc(CC(=O)NCc2ccc(C(=O)Nc3n[nH]c(C(F)(F)F)n3)cc2)cc1. The molecule has 0 saturated heterocycles. The number of anilines is 1. The molecule has 0 aliphatic carbocycles. The van der Waals surface area contributed by atoms with E-state index in [1.54, 1.807) is 48.6 Å². The summed E-state index contributed by atoms with van der Waals surface area (Å²) in [7, 11) is 1.56. The van der Waals surface area contributed by atoms with E-state index in [4.69, 9.17) is 4.74 Å². The summed E-state index contributed by atoms with van der Waals surface area (Å²) < 4.78 is 42.6. The van der Waals surface area contributed by atoms with Crippen LogP contribution in [0.1, 0.15) is 27.3 Å². The van der Waals surface area contributed by atoms with Crippen LogP contribution < -0.4 is 15.4 Å². The molecule has 8 nitrogen and oxygen atoms in total. The smallest absolute Gasteiger partial charge is 0.451 e. The van der Waals surface area contributed by atoms with Crippen molar-refractivity contribution in [3.63, 3.8) is 0 Å².